The first-order chi connectivity index (χ1) is 11.8. The van der Waals surface area contributed by atoms with Crippen molar-refractivity contribution in [3.05, 3.63) is 94.1 Å². The van der Waals surface area contributed by atoms with Crippen molar-refractivity contribution in [2.45, 2.75) is 12.5 Å². The van der Waals surface area contributed by atoms with Gasteiger partial charge >= 0.3 is 0 Å². The molecule has 0 saturated heterocycles. The van der Waals surface area contributed by atoms with Crippen LogP contribution in [0, 0.1) is 0 Å². The van der Waals surface area contributed by atoms with Crippen LogP contribution >= 0.6 is 15.9 Å². The number of aldehydes is 1. The van der Waals surface area contributed by atoms with Gasteiger partial charge in [-0.1, -0.05) is 60.7 Å². The van der Waals surface area contributed by atoms with E-state index in [2.05, 4.69) is 20.9 Å². The maximum atomic E-state index is 11.5. The molecule has 0 amide bonds. The molecule has 1 heterocycles. The normalized spacial score (nSPS) is 11.7. The van der Waals surface area contributed by atoms with Gasteiger partial charge in [0.2, 0.25) is 5.88 Å². The van der Waals surface area contributed by atoms with Crippen LogP contribution in [0.5, 0.6) is 5.88 Å². The lowest BCUT2D eigenvalue weighted by Gasteiger charge is -2.13. The number of ether oxygens (including phenoxy) is 1. The highest BCUT2D eigenvalue weighted by atomic mass is 79.9. The van der Waals surface area contributed by atoms with Gasteiger partial charge in [0.25, 0.3) is 0 Å². The van der Waals surface area contributed by atoms with Crippen LogP contribution in [-0.4, -0.2) is 11.3 Å². The van der Waals surface area contributed by atoms with Gasteiger partial charge in [-0.15, -0.1) is 0 Å². The lowest BCUT2D eigenvalue weighted by atomic mass is 9.94. The number of rotatable bonds is 6. The Balaban J connectivity index is 1.78. The van der Waals surface area contributed by atoms with Crippen LogP contribution in [0.1, 0.15) is 22.6 Å². The highest BCUT2D eigenvalue weighted by Gasteiger charge is 2.15. The van der Waals surface area contributed by atoms with Crippen molar-refractivity contribution in [1.82, 2.24) is 4.98 Å². The quantitative estimate of drug-likeness (QED) is 0.578. The summed E-state index contributed by atoms with van der Waals surface area (Å²) in [5, 5.41) is 0. The monoisotopic (exact) mass is 381 g/mol. The van der Waals surface area contributed by atoms with E-state index in [1.54, 1.807) is 6.20 Å². The molecule has 0 aliphatic carbocycles. The zero-order valence-electron chi connectivity index (χ0n) is 12.9. The van der Waals surface area contributed by atoms with E-state index >= 15 is 0 Å². The van der Waals surface area contributed by atoms with Crippen molar-refractivity contribution in [2.24, 2.45) is 0 Å². The van der Waals surface area contributed by atoms with E-state index in [9.17, 15) is 4.79 Å². The van der Waals surface area contributed by atoms with Gasteiger partial charge in [0.15, 0.2) is 0 Å². The minimum atomic E-state index is -0.335. The standard InChI is InChI=1S/C20H16BrNO2/c21-19-11-17(18(13-23)16-9-5-2-6-10-16)12-22-20(19)24-14-15-7-3-1-4-8-15/h1-13,18H,14H2. The first-order valence-electron chi connectivity index (χ1n) is 7.60. The number of carbonyl (C=O) groups is 1. The second kappa shape index (κ2) is 7.88. The average Bonchev–Trinajstić information content (AvgIpc) is 2.63. The Kier molecular flexibility index (Phi) is 5.39. The number of nitrogens with zero attached hydrogens (tertiary/aromatic N) is 1. The molecule has 0 bridgehead atoms. The van der Waals surface area contributed by atoms with Crippen LogP contribution in [-0.2, 0) is 11.4 Å². The molecular weight excluding hydrogens is 366 g/mol. The van der Waals surface area contributed by atoms with Crippen LogP contribution in [0.4, 0.5) is 0 Å². The van der Waals surface area contributed by atoms with Gasteiger partial charge in [0, 0.05) is 6.20 Å². The molecule has 0 saturated carbocycles. The highest BCUT2D eigenvalue weighted by Crippen LogP contribution is 2.29. The summed E-state index contributed by atoms with van der Waals surface area (Å²) in [5.41, 5.74) is 2.85. The molecule has 0 spiro atoms. The smallest absolute Gasteiger partial charge is 0.228 e. The van der Waals surface area contributed by atoms with Gasteiger partial charge in [-0.05, 0) is 38.7 Å². The van der Waals surface area contributed by atoms with Crippen LogP contribution < -0.4 is 4.74 Å². The minimum Gasteiger partial charge on any atom is -0.472 e. The van der Waals surface area contributed by atoms with Gasteiger partial charge in [-0.3, -0.25) is 0 Å². The summed E-state index contributed by atoms with van der Waals surface area (Å²) in [6.07, 6.45) is 2.63. The number of aromatic nitrogens is 1. The molecule has 3 rings (SSSR count). The molecule has 120 valence electrons. The number of benzene rings is 2. The fourth-order valence-corrected chi connectivity index (χ4v) is 2.93. The largest absolute Gasteiger partial charge is 0.472 e. The van der Waals surface area contributed by atoms with E-state index in [0.717, 1.165) is 27.4 Å². The van der Waals surface area contributed by atoms with Crippen molar-refractivity contribution in [3.63, 3.8) is 0 Å². The zero-order chi connectivity index (χ0) is 16.8. The summed E-state index contributed by atoms with van der Waals surface area (Å²) >= 11 is 3.49. The zero-order valence-corrected chi connectivity index (χ0v) is 14.5. The van der Waals surface area contributed by atoms with Gasteiger partial charge in [-0.25, -0.2) is 4.98 Å². The molecule has 0 N–H and O–H groups in total. The maximum absolute atomic E-state index is 11.5. The Bertz CT molecular complexity index is 806. The topological polar surface area (TPSA) is 39.2 Å². The van der Waals surface area contributed by atoms with Crippen molar-refractivity contribution in [1.29, 1.82) is 0 Å². The van der Waals surface area contributed by atoms with E-state index in [1.807, 2.05) is 66.7 Å². The molecule has 0 fully saturated rings. The number of pyridine rings is 1. The van der Waals surface area contributed by atoms with Crippen molar-refractivity contribution >= 4 is 22.2 Å². The second-order valence-corrected chi connectivity index (χ2v) is 6.21. The van der Waals surface area contributed by atoms with Crippen LogP contribution in [0.25, 0.3) is 0 Å². The van der Waals surface area contributed by atoms with Gasteiger partial charge in [0.1, 0.15) is 12.9 Å². The van der Waals surface area contributed by atoms with Gasteiger partial charge in [-0.2, -0.15) is 0 Å². The number of halogens is 1. The number of hydrogen-bond acceptors (Lipinski definition) is 3. The average molecular weight is 382 g/mol. The first kappa shape index (κ1) is 16.4. The van der Waals surface area contributed by atoms with Crippen molar-refractivity contribution < 1.29 is 9.53 Å². The lowest BCUT2D eigenvalue weighted by molar-refractivity contribution is -0.108. The minimum absolute atomic E-state index is 0.335. The predicted molar refractivity (Wildman–Crippen MR) is 97.1 cm³/mol. The van der Waals surface area contributed by atoms with Gasteiger partial charge < -0.3 is 9.53 Å². The molecular formula is C20H16BrNO2. The van der Waals surface area contributed by atoms with E-state index in [4.69, 9.17) is 4.74 Å². The predicted octanol–water partition coefficient (Wildman–Crippen LogP) is 4.75. The SMILES string of the molecule is O=CC(c1ccccc1)c1cnc(OCc2ccccc2)c(Br)c1. The molecule has 4 heteroatoms. The van der Waals surface area contributed by atoms with E-state index in [-0.39, 0.29) is 5.92 Å². The van der Waals surface area contributed by atoms with E-state index in [1.165, 1.54) is 0 Å². The fraction of sp³-hybridized carbons (Fsp3) is 0.100. The molecule has 0 radical (unpaired) electrons. The summed E-state index contributed by atoms with van der Waals surface area (Å²) in [7, 11) is 0. The third-order valence-corrected chi connectivity index (χ3v) is 4.27. The summed E-state index contributed by atoms with van der Waals surface area (Å²) in [4.78, 5) is 15.9. The molecule has 0 aliphatic heterocycles. The molecule has 1 aromatic heterocycles. The van der Waals surface area contributed by atoms with Crippen LogP contribution in [0.2, 0.25) is 0 Å². The summed E-state index contributed by atoms with van der Waals surface area (Å²) < 4.78 is 6.49. The van der Waals surface area contributed by atoms with Crippen molar-refractivity contribution in [2.75, 3.05) is 0 Å². The molecule has 24 heavy (non-hydrogen) atoms. The maximum Gasteiger partial charge on any atom is 0.228 e. The molecule has 3 aromatic rings. The molecule has 1 atom stereocenters. The highest BCUT2D eigenvalue weighted by molar-refractivity contribution is 9.10. The molecule has 3 nitrogen and oxygen atoms in total. The molecule has 0 aliphatic rings. The summed E-state index contributed by atoms with van der Waals surface area (Å²) in [5.74, 6) is 0.179. The fourth-order valence-electron chi connectivity index (χ4n) is 2.45. The Morgan fingerprint density at radius 3 is 2.29 bits per heavy atom. The van der Waals surface area contributed by atoms with Crippen molar-refractivity contribution in [3.8, 4) is 5.88 Å². The molecule has 2 aromatic carbocycles. The Labute approximate surface area is 149 Å². The summed E-state index contributed by atoms with van der Waals surface area (Å²) in [6.45, 7) is 0.446. The third kappa shape index (κ3) is 3.89. The number of carbonyl (C=O) groups excluding carboxylic acids is 1. The van der Waals surface area contributed by atoms with E-state index < -0.39 is 0 Å². The Morgan fingerprint density at radius 2 is 1.67 bits per heavy atom. The first-order valence-corrected chi connectivity index (χ1v) is 8.39. The Morgan fingerprint density at radius 1 is 1.00 bits per heavy atom. The Hall–Kier alpha value is -2.46. The van der Waals surface area contributed by atoms with Gasteiger partial charge in [0.05, 0.1) is 10.4 Å². The van der Waals surface area contributed by atoms with Crippen LogP contribution in [0.3, 0.4) is 0 Å². The summed E-state index contributed by atoms with van der Waals surface area (Å²) in [6, 6.07) is 21.4. The van der Waals surface area contributed by atoms with E-state index in [0.29, 0.717) is 12.5 Å². The number of hydrogen-bond donors (Lipinski definition) is 0. The lowest BCUT2D eigenvalue weighted by Crippen LogP contribution is -2.04. The van der Waals surface area contributed by atoms with Crippen LogP contribution in [0.15, 0.2) is 77.4 Å². The second-order valence-electron chi connectivity index (χ2n) is 5.35. The third-order valence-electron chi connectivity index (χ3n) is 3.70. The molecule has 1 unspecified atom stereocenters.